The van der Waals surface area contributed by atoms with Gasteiger partial charge in [0.25, 0.3) is 0 Å². The fourth-order valence-electron chi connectivity index (χ4n) is 3.24. The summed E-state index contributed by atoms with van der Waals surface area (Å²) in [6.07, 6.45) is 1.89. The molecule has 0 saturated heterocycles. The molecule has 0 aromatic heterocycles. The highest BCUT2D eigenvalue weighted by atomic mass is 19.1. The number of hydrogen-bond acceptors (Lipinski definition) is 1. The molecule has 1 nitrogen and oxygen atoms in total. The van der Waals surface area contributed by atoms with Crippen LogP contribution in [-0.2, 0) is 5.54 Å². The lowest BCUT2D eigenvalue weighted by molar-refractivity contribution is 0.410. The topological polar surface area (TPSA) is 26.0 Å². The second-order valence-corrected chi connectivity index (χ2v) is 5.96. The second-order valence-electron chi connectivity index (χ2n) is 5.96. The van der Waals surface area contributed by atoms with Crippen molar-refractivity contribution in [3.63, 3.8) is 0 Å². The second kappa shape index (κ2) is 4.71. The third kappa shape index (κ3) is 1.95. The van der Waals surface area contributed by atoms with Gasteiger partial charge in [-0.3, -0.25) is 0 Å². The Labute approximate surface area is 119 Å². The van der Waals surface area contributed by atoms with Crippen LogP contribution in [0, 0.1) is 12.7 Å². The molecule has 2 N–H and O–H groups in total. The van der Waals surface area contributed by atoms with Gasteiger partial charge in [-0.25, -0.2) is 4.39 Å². The number of nitrogens with two attached hydrogens (primary N) is 1. The summed E-state index contributed by atoms with van der Waals surface area (Å²) in [6, 6.07) is 13.7. The first-order valence-corrected chi connectivity index (χ1v) is 7.17. The van der Waals surface area contributed by atoms with Crippen LogP contribution < -0.4 is 5.73 Å². The predicted octanol–water partition coefficient (Wildman–Crippen LogP) is 4.23. The van der Waals surface area contributed by atoms with Gasteiger partial charge >= 0.3 is 0 Å². The van der Waals surface area contributed by atoms with Crippen molar-refractivity contribution in [1.29, 1.82) is 0 Å². The number of hydrogen-bond donors (Lipinski definition) is 1. The molecule has 3 rings (SSSR count). The summed E-state index contributed by atoms with van der Waals surface area (Å²) in [5.41, 5.74) is 10.1. The molecule has 1 aliphatic carbocycles. The number of benzene rings is 2. The van der Waals surface area contributed by atoms with Crippen LogP contribution in [0.25, 0.3) is 0 Å². The molecule has 2 aromatic carbocycles. The molecule has 0 spiro atoms. The van der Waals surface area contributed by atoms with Gasteiger partial charge in [0.05, 0.1) is 5.54 Å². The van der Waals surface area contributed by atoms with E-state index < -0.39 is 5.54 Å². The fraction of sp³-hybridized carbons (Fsp3) is 0.333. The van der Waals surface area contributed by atoms with Crippen molar-refractivity contribution in [1.82, 2.24) is 0 Å². The summed E-state index contributed by atoms with van der Waals surface area (Å²) in [5.74, 6) is 0.335. The molecule has 0 heterocycles. The molecule has 0 fully saturated rings. The molecule has 0 aliphatic heterocycles. The van der Waals surface area contributed by atoms with Gasteiger partial charge in [-0.05, 0) is 54.0 Å². The van der Waals surface area contributed by atoms with Crippen molar-refractivity contribution < 1.29 is 4.39 Å². The van der Waals surface area contributed by atoms with E-state index in [1.54, 1.807) is 13.0 Å². The maximum atomic E-state index is 13.9. The van der Waals surface area contributed by atoms with E-state index in [1.165, 1.54) is 5.56 Å². The number of rotatable bonds is 1. The Bertz CT molecular complexity index is 650. The molecular weight excluding hydrogens is 249 g/mol. The lowest BCUT2D eigenvalue weighted by atomic mass is 9.69. The van der Waals surface area contributed by atoms with Gasteiger partial charge < -0.3 is 5.73 Å². The summed E-state index contributed by atoms with van der Waals surface area (Å²) in [5, 5.41) is 0. The quantitative estimate of drug-likeness (QED) is 0.823. The van der Waals surface area contributed by atoms with Crippen LogP contribution in [0.3, 0.4) is 0 Å². The van der Waals surface area contributed by atoms with Crippen molar-refractivity contribution in [3.8, 4) is 0 Å². The zero-order valence-corrected chi connectivity index (χ0v) is 12.0. The minimum atomic E-state index is -0.572. The van der Waals surface area contributed by atoms with E-state index in [-0.39, 0.29) is 5.82 Å². The van der Waals surface area contributed by atoms with Crippen LogP contribution in [-0.4, -0.2) is 0 Å². The first-order chi connectivity index (χ1) is 9.52. The molecule has 2 atom stereocenters. The van der Waals surface area contributed by atoms with Crippen LogP contribution in [0.5, 0.6) is 0 Å². The molecule has 1 aliphatic rings. The van der Waals surface area contributed by atoms with Crippen molar-refractivity contribution >= 4 is 0 Å². The molecule has 2 heteroatoms. The molecule has 20 heavy (non-hydrogen) atoms. The molecular formula is C18H20FN. The third-order valence-electron chi connectivity index (χ3n) is 4.63. The molecule has 0 amide bonds. The van der Waals surface area contributed by atoms with E-state index in [0.29, 0.717) is 11.5 Å². The summed E-state index contributed by atoms with van der Waals surface area (Å²) in [4.78, 5) is 0. The summed E-state index contributed by atoms with van der Waals surface area (Å²) >= 11 is 0. The first-order valence-electron chi connectivity index (χ1n) is 7.17. The Balaban J connectivity index is 2.17. The zero-order valence-electron chi connectivity index (χ0n) is 12.0. The van der Waals surface area contributed by atoms with Crippen molar-refractivity contribution in [2.24, 2.45) is 5.73 Å². The third-order valence-corrected chi connectivity index (χ3v) is 4.63. The van der Waals surface area contributed by atoms with E-state index in [1.807, 2.05) is 18.2 Å². The molecule has 104 valence electrons. The molecule has 0 bridgehead atoms. The van der Waals surface area contributed by atoms with Crippen LogP contribution in [0.1, 0.15) is 47.9 Å². The SMILES string of the molecule is Cc1ccc(C2(N)CCC(C)c3ccccc32)cc1F. The van der Waals surface area contributed by atoms with Gasteiger partial charge in [-0.15, -0.1) is 0 Å². The molecule has 2 unspecified atom stereocenters. The predicted molar refractivity (Wildman–Crippen MR) is 80.2 cm³/mol. The molecule has 0 saturated carbocycles. The standard InChI is InChI=1S/C18H20FN/c1-12-9-10-18(20,16-6-4-3-5-15(12)16)14-8-7-13(2)17(19)11-14/h3-8,11-12H,9-10,20H2,1-2H3. The highest BCUT2D eigenvalue weighted by Crippen LogP contribution is 2.43. The summed E-state index contributed by atoms with van der Waals surface area (Å²) in [6.45, 7) is 4.01. The van der Waals surface area contributed by atoms with Crippen molar-refractivity contribution in [3.05, 3.63) is 70.5 Å². The highest BCUT2D eigenvalue weighted by molar-refractivity contribution is 5.46. The van der Waals surface area contributed by atoms with Crippen LogP contribution >= 0.6 is 0 Å². The van der Waals surface area contributed by atoms with Gasteiger partial charge in [0.15, 0.2) is 0 Å². The van der Waals surface area contributed by atoms with E-state index >= 15 is 0 Å². The zero-order chi connectivity index (χ0) is 14.3. The van der Waals surface area contributed by atoms with Gasteiger partial charge in [0.1, 0.15) is 5.82 Å². The Morgan fingerprint density at radius 1 is 1.20 bits per heavy atom. The smallest absolute Gasteiger partial charge is 0.126 e. The average molecular weight is 269 g/mol. The minimum Gasteiger partial charge on any atom is -0.318 e. The normalized spacial score (nSPS) is 25.3. The number of halogens is 1. The largest absolute Gasteiger partial charge is 0.318 e. The summed E-state index contributed by atoms with van der Waals surface area (Å²) in [7, 11) is 0. The average Bonchev–Trinajstić information content (AvgIpc) is 2.46. The maximum Gasteiger partial charge on any atom is 0.126 e. The van der Waals surface area contributed by atoms with E-state index in [4.69, 9.17) is 5.73 Å². The lowest BCUT2D eigenvalue weighted by Crippen LogP contribution is -2.41. The molecule has 0 radical (unpaired) electrons. The summed E-state index contributed by atoms with van der Waals surface area (Å²) < 4.78 is 13.9. The van der Waals surface area contributed by atoms with E-state index in [9.17, 15) is 4.39 Å². The molecule has 2 aromatic rings. The van der Waals surface area contributed by atoms with Crippen LogP contribution in [0.4, 0.5) is 4.39 Å². The fourth-order valence-corrected chi connectivity index (χ4v) is 3.24. The van der Waals surface area contributed by atoms with Crippen molar-refractivity contribution in [2.75, 3.05) is 0 Å². The van der Waals surface area contributed by atoms with Crippen LogP contribution in [0.15, 0.2) is 42.5 Å². The first kappa shape index (κ1) is 13.3. The van der Waals surface area contributed by atoms with Gasteiger partial charge in [0, 0.05) is 0 Å². The Kier molecular flexibility index (Phi) is 3.14. The Hall–Kier alpha value is -1.67. The van der Waals surface area contributed by atoms with E-state index in [2.05, 4.69) is 25.1 Å². The maximum absolute atomic E-state index is 13.9. The monoisotopic (exact) mass is 269 g/mol. The van der Waals surface area contributed by atoms with Gasteiger partial charge in [0.2, 0.25) is 0 Å². The Morgan fingerprint density at radius 3 is 2.70 bits per heavy atom. The van der Waals surface area contributed by atoms with E-state index in [0.717, 1.165) is 24.0 Å². The minimum absolute atomic E-state index is 0.177. The van der Waals surface area contributed by atoms with Gasteiger partial charge in [-0.2, -0.15) is 0 Å². The van der Waals surface area contributed by atoms with Gasteiger partial charge in [-0.1, -0.05) is 43.3 Å². The highest BCUT2D eigenvalue weighted by Gasteiger charge is 2.36. The Morgan fingerprint density at radius 2 is 1.95 bits per heavy atom. The lowest BCUT2D eigenvalue weighted by Gasteiger charge is -2.39. The number of fused-ring (bicyclic) bond motifs is 1. The number of aryl methyl sites for hydroxylation is 1. The van der Waals surface area contributed by atoms with Crippen molar-refractivity contribution in [2.45, 2.75) is 38.1 Å². The van der Waals surface area contributed by atoms with Crippen LogP contribution in [0.2, 0.25) is 0 Å².